The van der Waals surface area contributed by atoms with Crippen LogP contribution in [0.15, 0.2) is 0 Å². The third kappa shape index (κ3) is 3.70. The first-order chi connectivity index (χ1) is 7.37. The minimum atomic E-state index is -0.565. The highest BCUT2D eigenvalue weighted by atomic mass is 16.6. The van der Waals surface area contributed by atoms with Crippen molar-refractivity contribution >= 4 is 6.09 Å². The van der Waals surface area contributed by atoms with Gasteiger partial charge in [-0.1, -0.05) is 0 Å². The molecule has 0 radical (unpaired) electrons. The number of ether oxygens (including phenoxy) is 2. The highest BCUT2D eigenvalue weighted by molar-refractivity contribution is 5.69. The number of amides is 1. The second-order valence-corrected chi connectivity index (χ2v) is 5.03. The summed E-state index contributed by atoms with van der Waals surface area (Å²) in [7, 11) is 0. The van der Waals surface area contributed by atoms with Crippen molar-refractivity contribution in [2.24, 2.45) is 0 Å². The Hall–Kier alpha value is -1.28. The first-order valence-electron chi connectivity index (χ1n) is 5.29. The van der Waals surface area contributed by atoms with Crippen LogP contribution in [-0.4, -0.2) is 37.0 Å². The molecular weight excluding hydrogens is 208 g/mol. The average Bonchev–Trinajstić information content (AvgIpc) is 2.49. The van der Waals surface area contributed by atoms with Gasteiger partial charge in [0.05, 0.1) is 6.61 Å². The van der Waals surface area contributed by atoms with Crippen LogP contribution in [0.1, 0.15) is 27.2 Å². The number of hydrogen-bond donors (Lipinski definition) is 1. The van der Waals surface area contributed by atoms with Gasteiger partial charge in [0.25, 0.3) is 0 Å². The zero-order valence-electron chi connectivity index (χ0n) is 10.0. The van der Waals surface area contributed by atoms with Gasteiger partial charge in [0.15, 0.2) is 0 Å². The summed E-state index contributed by atoms with van der Waals surface area (Å²) in [6.07, 6.45) is 0.177. The fraction of sp³-hybridized carbons (Fsp3) is 0.818. The van der Waals surface area contributed by atoms with E-state index in [0.717, 1.165) is 0 Å². The molecule has 1 amide bonds. The molecule has 0 saturated carbocycles. The second-order valence-electron chi connectivity index (χ2n) is 5.03. The van der Waals surface area contributed by atoms with Gasteiger partial charge >= 0.3 is 6.09 Å². The lowest BCUT2D eigenvalue weighted by molar-refractivity contribution is 0.0450. The molecule has 1 saturated heterocycles. The molecule has 1 fully saturated rings. The standard InChI is InChI=1S/C11H18N2O3/c1-10(2,3)16-9(14)13-11(7-12-4)5-6-15-8-11/h5-8H2,1-3H3,(H,13,14). The Balaban J connectivity index is 2.56. The SMILES string of the molecule is [C-]#[N+]CC1(NC(=O)OC(C)(C)C)CCOC1. The lowest BCUT2D eigenvalue weighted by Gasteiger charge is -2.26. The molecule has 0 spiro atoms. The zero-order valence-corrected chi connectivity index (χ0v) is 10.0. The van der Waals surface area contributed by atoms with Gasteiger partial charge < -0.3 is 19.6 Å². The Morgan fingerprint density at radius 3 is 2.75 bits per heavy atom. The van der Waals surface area contributed by atoms with Gasteiger partial charge in [0.1, 0.15) is 11.1 Å². The van der Waals surface area contributed by atoms with Crippen molar-refractivity contribution in [1.29, 1.82) is 0 Å². The summed E-state index contributed by atoms with van der Waals surface area (Å²) < 4.78 is 10.4. The van der Waals surface area contributed by atoms with Crippen molar-refractivity contribution in [2.45, 2.75) is 38.3 Å². The molecule has 0 aromatic rings. The largest absolute Gasteiger partial charge is 0.444 e. The molecule has 1 N–H and O–H groups in total. The molecule has 0 aliphatic carbocycles. The van der Waals surface area contributed by atoms with E-state index in [1.165, 1.54) is 0 Å². The molecule has 0 aromatic heterocycles. The minimum Gasteiger partial charge on any atom is -0.444 e. The summed E-state index contributed by atoms with van der Waals surface area (Å²) in [5.41, 5.74) is -1.09. The van der Waals surface area contributed by atoms with E-state index in [1.54, 1.807) is 20.8 Å². The molecule has 5 heteroatoms. The first kappa shape index (κ1) is 12.8. The Kier molecular flexibility index (Phi) is 3.76. The third-order valence-electron chi connectivity index (χ3n) is 2.25. The maximum absolute atomic E-state index is 11.6. The fourth-order valence-electron chi connectivity index (χ4n) is 1.54. The van der Waals surface area contributed by atoms with E-state index in [2.05, 4.69) is 10.2 Å². The summed E-state index contributed by atoms with van der Waals surface area (Å²) >= 11 is 0. The maximum Gasteiger partial charge on any atom is 0.408 e. The van der Waals surface area contributed by atoms with Crippen LogP contribution in [0.4, 0.5) is 4.79 Å². The van der Waals surface area contributed by atoms with Crippen molar-refractivity contribution < 1.29 is 14.3 Å². The van der Waals surface area contributed by atoms with Crippen LogP contribution in [-0.2, 0) is 9.47 Å². The van der Waals surface area contributed by atoms with Gasteiger partial charge in [-0.05, 0) is 20.8 Å². The average molecular weight is 226 g/mol. The summed E-state index contributed by atoms with van der Waals surface area (Å²) in [6.45, 7) is 13.5. The van der Waals surface area contributed by atoms with Crippen LogP contribution >= 0.6 is 0 Å². The second kappa shape index (κ2) is 4.71. The highest BCUT2D eigenvalue weighted by Crippen LogP contribution is 2.20. The van der Waals surface area contributed by atoms with Crippen LogP contribution in [0.25, 0.3) is 4.85 Å². The number of rotatable bonds is 2. The summed E-state index contributed by atoms with van der Waals surface area (Å²) in [5.74, 6) is 0. The molecule has 1 aliphatic rings. The van der Waals surface area contributed by atoms with Gasteiger partial charge in [-0.2, -0.15) is 0 Å². The molecule has 16 heavy (non-hydrogen) atoms. The number of carbonyl (C=O) groups excluding carboxylic acids is 1. The fourth-order valence-corrected chi connectivity index (χ4v) is 1.54. The molecule has 1 atom stereocenters. The van der Waals surface area contributed by atoms with Gasteiger partial charge in [0.2, 0.25) is 6.54 Å². The zero-order chi connectivity index (χ0) is 12.2. The van der Waals surface area contributed by atoms with E-state index >= 15 is 0 Å². The lowest BCUT2D eigenvalue weighted by atomic mass is 9.99. The Morgan fingerprint density at radius 2 is 2.31 bits per heavy atom. The molecule has 1 rings (SSSR count). The molecular formula is C11H18N2O3. The number of nitrogens with zero attached hydrogens (tertiary/aromatic N) is 1. The van der Waals surface area contributed by atoms with Crippen LogP contribution in [0.5, 0.6) is 0 Å². The molecule has 0 aromatic carbocycles. The number of hydrogen-bond acceptors (Lipinski definition) is 3. The summed E-state index contributed by atoms with van der Waals surface area (Å²) in [6, 6.07) is 0. The molecule has 5 nitrogen and oxygen atoms in total. The van der Waals surface area contributed by atoms with Crippen molar-refractivity contribution in [2.75, 3.05) is 19.8 Å². The molecule has 1 heterocycles. The number of alkyl carbamates (subject to hydrolysis) is 1. The van der Waals surface area contributed by atoms with Crippen molar-refractivity contribution in [3.63, 3.8) is 0 Å². The third-order valence-corrected chi connectivity index (χ3v) is 2.25. The molecule has 0 bridgehead atoms. The van der Waals surface area contributed by atoms with E-state index in [4.69, 9.17) is 16.0 Å². The van der Waals surface area contributed by atoms with E-state index in [1.807, 2.05) is 0 Å². The smallest absolute Gasteiger partial charge is 0.408 e. The number of nitrogens with one attached hydrogen (secondary N) is 1. The predicted molar refractivity (Wildman–Crippen MR) is 59.0 cm³/mol. The van der Waals surface area contributed by atoms with Gasteiger partial charge in [-0.15, -0.1) is 0 Å². The molecule has 1 unspecified atom stereocenters. The molecule has 1 aliphatic heterocycles. The summed E-state index contributed by atoms with van der Waals surface area (Å²) in [4.78, 5) is 14.9. The van der Waals surface area contributed by atoms with Gasteiger partial charge in [0, 0.05) is 13.0 Å². The van der Waals surface area contributed by atoms with Crippen molar-refractivity contribution in [3.05, 3.63) is 11.4 Å². The quantitative estimate of drug-likeness (QED) is 0.727. The van der Waals surface area contributed by atoms with Gasteiger partial charge in [-0.3, -0.25) is 0 Å². The number of carbonyl (C=O) groups is 1. The van der Waals surface area contributed by atoms with E-state index in [9.17, 15) is 4.79 Å². The predicted octanol–water partition coefficient (Wildman–Crippen LogP) is 1.59. The monoisotopic (exact) mass is 226 g/mol. The Labute approximate surface area is 95.9 Å². The highest BCUT2D eigenvalue weighted by Gasteiger charge is 2.40. The van der Waals surface area contributed by atoms with Crippen LogP contribution in [0.2, 0.25) is 0 Å². The maximum atomic E-state index is 11.6. The topological polar surface area (TPSA) is 51.9 Å². The van der Waals surface area contributed by atoms with Crippen molar-refractivity contribution in [1.82, 2.24) is 5.32 Å². The first-order valence-corrected chi connectivity index (χ1v) is 5.29. The van der Waals surface area contributed by atoms with E-state index in [0.29, 0.717) is 19.6 Å². The van der Waals surface area contributed by atoms with Crippen molar-refractivity contribution in [3.8, 4) is 0 Å². The lowest BCUT2D eigenvalue weighted by Crippen LogP contribution is -2.52. The minimum absolute atomic E-state index is 0.228. The normalized spacial score (nSPS) is 24.9. The van der Waals surface area contributed by atoms with Crippen LogP contribution < -0.4 is 5.32 Å². The molecule has 90 valence electrons. The van der Waals surface area contributed by atoms with E-state index < -0.39 is 17.2 Å². The Bertz CT molecular complexity index is 295. The van der Waals surface area contributed by atoms with E-state index in [-0.39, 0.29) is 6.54 Å². The van der Waals surface area contributed by atoms with Gasteiger partial charge in [-0.25, -0.2) is 11.4 Å². The summed E-state index contributed by atoms with van der Waals surface area (Å²) in [5, 5.41) is 2.75. The van der Waals surface area contributed by atoms with Crippen LogP contribution in [0, 0.1) is 6.57 Å². The Morgan fingerprint density at radius 1 is 1.62 bits per heavy atom. The van der Waals surface area contributed by atoms with Crippen LogP contribution in [0.3, 0.4) is 0 Å².